The van der Waals surface area contributed by atoms with Crippen LogP contribution < -0.4 is 15.4 Å². The quantitative estimate of drug-likeness (QED) is 0.605. The molecule has 0 aliphatic rings. The molecule has 0 saturated heterocycles. The molecule has 2 rings (SSSR count). The van der Waals surface area contributed by atoms with Crippen molar-refractivity contribution >= 4 is 5.96 Å². The van der Waals surface area contributed by atoms with Crippen molar-refractivity contribution in [1.82, 2.24) is 20.4 Å². The Morgan fingerprint density at radius 2 is 2.22 bits per heavy atom. The van der Waals surface area contributed by atoms with Crippen LogP contribution in [-0.2, 0) is 13.1 Å². The number of aliphatic imine (C=N–C) groups is 1. The molecular weight excluding hydrogens is 290 g/mol. The third-order valence-corrected chi connectivity index (χ3v) is 3.49. The van der Waals surface area contributed by atoms with Gasteiger partial charge in [-0.3, -0.25) is 9.67 Å². The largest absolute Gasteiger partial charge is 0.497 e. The topological polar surface area (TPSA) is 63.5 Å². The number of ether oxygens (including phenoxy) is 1. The van der Waals surface area contributed by atoms with Crippen LogP contribution >= 0.6 is 0 Å². The lowest BCUT2D eigenvalue weighted by Gasteiger charge is -2.16. The average molecular weight is 315 g/mol. The molecule has 6 nitrogen and oxygen atoms in total. The molecule has 0 fully saturated rings. The molecule has 6 heteroatoms. The van der Waals surface area contributed by atoms with E-state index in [1.54, 1.807) is 20.4 Å². The van der Waals surface area contributed by atoms with Gasteiger partial charge in [0, 0.05) is 39.1 Å². The molecule has 0 saturated carbocycles. The first-order chi connectivity index (χ1) is 11.2. The summed E-state index contributed by atoms with van der Waals surface area (Å²) in [5.41, 5.74) is 1.15. The summed E-state index contributed by atoms with van der Waals surface area (Å²) < 4.78 is 7.18. The Morgan fingerprint density at radius 3 is 2.91 bits per heavy atom. The highest BCUT2D eigenvalue weighted by Gasteiger charge is 2.05. The molecule has 0 bridgehead atoms. The number of benzene rings is 1. The van der Waals surface area contributed by atoms with Crippen molar-refractivity contribution in [2.45, 2.75) is 20.0 Å². The van der Waals surface area contributed by atoms with Gasteiger partial charge in [0.25, 0.3) is 0 Å². The lowest BCUT2D eigenvalue weighted by molar-refractivity contribution is 0.414. The standard InChI is InChI=1S/C17H25N5O/c1-14(13-22-9-5-8-21-22)11-19-17(18-2)20-12-15-6-4-7-16(10-15)23-3/h4-10,14H,11-13H2,1-3H3,(H2,18,19,20). The Bertz CT molecular complexity index is 609. The Kier molecular flexibility index (Phi) is 6.47. The summed E-state index contributed by atoms with van der Waals surface area (Å²) in [5.74, 6) is 2.10. The maximum absolute atomic E-state index is 5.23. The summed E-state index contributed by atoms with van der Waals surface area (Å²) in [7, 11) is 3.45. The fourth-order valence-electron chi connectivity index (χ4n) is 2.25. The summed E-state index contributed by atoms with van der Waals surface area (Å²) in [6.07, 6.45) is 3.78. The predicted molar refractivity (Wildman–Crippen MR) is 92.6 cm³/mol. The van der Waals surface area contributed by atoms with Gasteiger partial charge in [0.2, 0.25) is 0 Å². The van der Waals surface area contributed by atoms with E-state index in [1.807, 2.05) is 35.1 Å². The van der Waals surface area contributed by atoms with Gasteiger partial charge in [-0.1, -0.05) is 19.1 Å². The third-order valence-electron chi connectivity index (χ3n) is 3.49. The van der Waals surface area contributed by atoms with Crippen LogP contribution in [0.5, 0.6) is 5.75 Å². The van der Waals surface area contributed by atoms with E-state index in [-0.39, 0.29) is 0 Å². The van der Waals surface area contributed by atoms with Gasteiger partial charge >= 0.3 is 0 Å². The van der Waals surface area contributed by atoms with E-state index in [1.165, 1.54) is 0 Å². The van der Waals surface area contributed by atoms with E-state index in [0.29, 0.717) is 12.5 Å². The number of hydrogen-bond donors (Lipinski definition) is 2. The Labute approximate surface area is 137 Å². The number of aromatic nitrogens is 2. The highest BCUT2D eigenvalue weighted by atomic mass is 16.5. The van der Waals surface area contributed by atoms with Gasteiger partial charge in [-0.2, -0.15) is 5.10 Å². The maximum atomic E-state index is 5.23. The van der Waals surface area contributed by atoms with Crippen LogP contribution in [0.2, 0.25) is 0 Å². The van der Waals surface area contributed by atoms with E-state index >= 15 is 0 Å². The third kappa shape index (κ3) is 5.65. The van der Waals surface area contributed by atoms with Crippen LogP contribution in [0.4, 0.5) is 0 Å². The summed E-state index contributed by atoms with van der Waals surface area (Å²) >= 11 is 0. The SMILES string of the molecule is CN=C(NCc1cccc(OC)c1)NCC(C)Cn1cccn1. The summed E-state index contributed by atoms with van der Waals surface area (Å²) in [5, 5.41) is 10.9. The van der Waals surface area contributed by atoms with Crippen LogP contribution in [0.15, 0.2) is 47.7 Å². The molecule has 0 aliphatic carbocycles. The first-order valence-corrected chi connectivity index (χ1v) is 7.76. The minimum absolute atomic E-state index is 0.449. The van der Waals surface area contributed by atoms with Gasteiger partial charge in [0.15, 0.2) is 5.96 Å². The van der Waals surface area contributed by atoms with Crippen LogP contribution in [-0.4, -0.2) is 36.4 Å². The fraction of sp³-hybridized carbons (Fsp3) is 0.412. The van der Waals surface area contributed by atoms with Gasteiger partial charge in [-0.05, 0) is 29.7 Å². The molecule has 0 amide bonds. The van der Waals surface area contributed by atoms with E-state index < -0.39 is 0 Å². The van der Waals surface area contributed by atoms with E-state index in [9.17, 15) is 0 Å². The predicted octanol–water partition coefficient (Wildman–Crippen LogP) is 1.89. The molecule has 0 aliphatic heterocycles. The zero-order valence-electron chi connectivity index (χ0n) is 14.0. The molecule has 23 heavy (non-hydrogen) atoms. The fourth-order valence-corrected chi connectivity index (χ4v) is 2.25. The molecule has 1 aromatic heterocycles. The molecule has 1 atom stereocenters. The van der Waals surface area contributed by atoms with Crippen molar-refractivity contribution in [3.63, 3.8) is 0 Å². The van der Waals surface area contributed by atoms with Crippen molar-refractivity contribution in [2.75, 3.05) is 20.7 Å². The minimum Gasteiger partial charge on any atom is -0.497 e. The zero-order chi connectivity index (χ0) is 16.5. The molecule has 1 heterocycles. The number of nitrogens with one attached hydrogen (secondary N) is 2. The number of methoxy groups -OCH3 is 1. The van der Waals surface area contributed by atoms with Gasteiger partial charge in [0.1, 0.15) is 5.75 Å². The average Bonchev–Trinajstić information content (AvgIpc) is 3.08. The second kappa shape index (κ2) is 8.82. The zero-order valence-corrected chi connectivity index (χ0v) is 14.0. The van der Waals surface area contributed by atoms with Gasteiger partial charge in [-0.15, -0.1) is 0 Å². The molecule has 2 N–H and O–H groups in total. The smallest absolute Gasteiger partial charge is 0.191 e. The lowest BCUT2D eigenvalue weighted by Crippen LogP contribution is -2.39. The second-order valence-electron chi connectivity index (χ2n) is 5.49. The maximum Gasteiger partial charge on any atom is 0.191 e. The van der Waals surface area contributed by atoms with Crippen LogP contribution in [0.25, 0.3) is 0 Å². The molecule has 124 valence electrons. The second-order valence-corrected chi connectivity index (χ2v) is 5.49. The highest BCUT2D eigenvalue weighted by Crippen LogP contribution is 2.12. The Morgan fingerprint density at radius 1 is 1.35 bits per heavy atom. The van der Waals surface area contributed by atoms with Gasteiger partial charge in [-0.25, -0.2) is 0 Å². The monoisotopic (exact) mass is 315 g/mol. The van der Waals surface area contributed by atoms with Crippen molar-refractivity contribution in [3.8, 4) is 5.75 Å². The molecule has 1 unspecified atom stereocenters. The van der Waals surface area contributed by atoms with Crippen LogP contribution in [0.1, 0.15) is 12.5 Å². The van der Waals surface area contributed by atoms with Gasteiger partial charge in [0.05, 0.1) is 7.11 Å². The van der Waals surface area contributed by atoms with Crippen LogP contribution in [0.3, 0.4) is 0 Å². The summed E-state index contributed by atoms with van der Waals surface area (Å²) in [6.45, 7) is 4.60. The molecule has 1 aromatic carbocycles. The molecular formula is C17H25N5O. The first kappa shape index (κ1) is 16.9. The molecule has 0 spiro atoms. The first-order valence-electron chi connectivity index (χ1n) is 7.76. The number of guanidine groups is 1. The van der Waals surface area contributed by atoms with Crippen molar-refractivity contribution in [3.05, 3.63) is 48.3 Å². The lowest BCUT2D eigenvalue weighted by atomic mass is 10.2. The van der Waals surface area contributed by atoms with Crippen molar-refractivity contribution in [2.24, 2.45) is 10.9 Å². The number of nitrogens with zero attached hydrogens (tertiary/aromatic N) is 3. The van der Waals surface area contributed by atoms with Gasteiger partial charge < -0.3 is 15.4 Å². The molecule has 2 aromatic rings. The minimum atomic E-state index is 0.449. The van der Waals surface area contributed by atoms with Crippen LogP contribution in [0, 0.1) is 5.92 Å². The van der Waals surface area contributed by atoms with Crippen molar-refractivity contribution < 1.29 is 4.74 Å². The molecule has 0 radical (unpaired) electrons. The van der Waals surface area contributed by atoms with E-state index in [2.05, 4.69) is 33.7 Å². The van der Waals surface area contributed by atoms with E-state index in [4.69, 9.17) is 4.74 Å². The summed E-state index contributed by atoms with van der Waals surface area (Å²) in [4.78, 5) is 4.26. The normalized spacial score (nSPS) is 12.7. The summed E-state index contributed by atoms with van der Waals surface area (Å²) in [6, 6.07) is 9.93. The van der Waals surface area contributed by atoms with Crippen molar-refractivity contribution in [1.29, 1.82) is 0 Å². The number of rotatable bonds is 7. The Hall–Kier alpha value is -2.50. The Balaban J connectivity index is 1.76. The number of hydrogen-bond acceptors (Lipinski definition) is 3. The highest BCUT2D eigenvalue weighted by molar-refractivity contribution is 5.79. The van der Waals surface area contributed by atoms with E-state index in [0.717, 1.165) is 30.4 Å².